The van der Waals surface area contributed by atoms with Crippen LogP contribution < -0.4 is 17.3 Å². The zero-order chi connectivity index (χ0) is 11.4. The second kappa shape index (κ2) is 4.63. The fraction of sp³-hybridized carbons (Fsp3) is 0.222. The quantitative estimate of drug-likeness (QED) is 0.179. The van der Waals surface area contributed by atoms with Crippen LogP contribution in [0, 0.1) is 5.41 Å². The van der Waals surface area contributed by atoms with Gasteiger partial charge in [0.05, 0.1) is 6.54 Å². The number of hydrazine groups is 2. The van der Waals surface area contributed by atoms with Gasteiger partial charge in [-0.25, -0.2) is 0 Å². The number of guanidine groups is 1. The van der Waals surface area contributed by atoms with Gasteiger partial charge in [0.1, 0.15) is 0 Å². The van der Waals surface area contributed by atoms with E-state index in [1.54, 1.807) is 19.2 Å². The van der Waals surface area contributed by atoms with Crippen molar-refractivity contribution >= 4 is 11.6 Å². The number of rotatable bonds is 3. The van der Waals surface area contributed by atoms with Crippen molar-refractivity contribution in [3.63, 3.8) is 0 Å². The lowest BCUT2D eigenvalue weighted by Crippen LogP contribution is -2.50. The minimum Gasteiger partial charge on any atom is -0.399 e. The first kappa shape index (κ1) is 11.3. The second-order valence-corrected chi connectivity index (χ2v) is 3.25. The highest BCUT2D eigenvalue weighted by Gasteiger charge is 2.07. The first-order chi connectivity index (χ1) is 7.00. The van der Waals surface area contributed by atoms with Crippen molar-refractivity contribution in [2.45, 2.75) is 6.54 Å². The number of nitrogens with one attached hydrogen (secondary N) is 1. The largest absolute Gasteiger partial charge is 0.399 e. The molecule has 7 N–H and O–H groups in total. The van der Waals surface area contributed by atoms with Crippen LogP contribution in [0.15, 0.2) is 24.3 Å². The van der Waals surface area contributed by atoms with Gasteiger partial charge >= 0.3 is 0 Å². The predicted octanol–water partition coefficient (Wildman–Crippen LogP) is -0.315. The average molecular weight is 208 g/mol. The first-order valence-corrected chi connectivity index (χ1v) is 4.45. The summed E-state index contributed by atoms with van der Waals surface area (Å²) in [4.78, 5) is 0. The summed E-state index contributed by atoms with van der Waals surface area (Å²) in [5, 5.41) is 9.91. The Kier molecular flexibility index (Phi) is 3.48. The molecule has 0 bridgehead atoms. The molecule has 0 amide bonds. The summed E-state index contributed by atoms with van der Waals surface area (Å²) in [5.74, 6) is 5.59. The van der Waals surface area contributed by atoms with Gasteiger partial charge in [0.2, 0.25) is 5.96 Å². The molecule has 15 heavy (non-hydrogen) atoms. The zero-order valence-electron chi connectivity index (χ0n) is 8.64. The molecule has 1 aromatic rings. The van der Waals surface area contributed by atoms with Gasteiger partial charge in [0.25, 0.3) is 0 Å². The second-order valence-electron chi connectivity index (χ2n) is 3.25. The maximum absolute atomic E-state index is 7.19. The van der Waals surface area contributed by atoms with E-state index in [2.05, 4.69) is 0 Å². The molecule has 6 heteroatoms. The molecule has 1 aromatic carbocycles. The number of nitrogens with zero attached hydrogens (tertiary/aromatic N) is 2. The van der Waals surface area contributed by atoms with Crippen LogP contribution >= 0.6 is 0 Å². The summed E-state index contributed by atoms with van der Waals surface area (Å²) in [7, 11) is 1.62. The Labute approximate surface area is 88.7 Å². The van der Waals surface area contributed by atoms with E-state index in [0.29, 0.717) is 12.2 Å². The molecule has 0 saturated carbocycles. The third kappa shape index (κ3) is 3.12. The SMILES string of the molecule is CN(C(=N)N)N(N)Cc1ccc(N)cc1. The van der Waals surface area contributed by atoms with Gasteiger partial charge in [-0.15, -0.1) is 0 Å². The zero-order valence-corrected chi connectivity index (χ0v) is 8.64. The number of anilines is 1. The molecule has 82 valence electrons. The minimum absolute atomic E-state index is 0.104. The van der Waals surface area contributed by atoms with Crippen molar-refractivity contribution < 1.29 is 0 Å². The van der Waals surface area contributed by atoms with E-state index < -0.39 is 0 Å². The highest BCUT2D eigenvalue weighted by Crippen LogP contribution is 2.07. The third-order valence-corrected chi connectivity index (χ3v) is 2.06. The standard InChI is InChI=1S/C9H16N6/c1-14(9(11)12)15(13)6-7-2-4-8(10)5-3-7/h2-5H,6,10,13H2,1H3,(H3,11,12). The van der Waals surface area contributed by atoms with Gasteiger partial charge < -0.3 is 11.5 Å². The van der Waals surface area contributed by atoms with Crippen LogP contribution in [0.2, 0.25) is 0 Å². The molecule has 0 unspecified atom stereocenters. The van der Waals surface area contributed by atoms with Crippen molar-refractivity contribution in [1.29, 1.82) is 5.41 Å². The summed E-state index contributed by atoms with van der Waals surface area (Å²) >= 11 is 0. The fourth-order valence-corrected chi connectivity index (χ4v) is 1.05. The van der Waals surface area contributed by atoms with Crippen LogP contribution in [0.25, 0.3) is 0 Å². The number of nitrogen functional groups attached to an aromatic ring is 1. The predicted molar refractivity (Wildman–Crippen MR) is 60.3 cm³/mol. The maximum Gasteiger partial charge on any atom is 0.204 e. The van der Waals surface area contributed by atoms with E-state index in [0.717, 1.165) is 5.56 Å². The summed E-state index contributed by atoms with van der Waals surface area (Å²) in [5.41, 5.74) is 12.5. The molecule has 6 nitrogen and oxygen atoms in total. The molecule has 0 atom stereocenters. The Morgan fingerprint density at radius 3 is 2.33 bits per heavy atom. The Balaban J connectivity index is 2.62. The van der Waals surface area contributed by atoms with Crippen LogP contribution in [0.1, 0.15) is 5.56 Å². The van der Waals surface area contributed by atoms with Gasteiger partial charge in [-0.2, -0.15) is 5.12 Å². The molecule has 0 radical (unpaired) electrons. The minimum atomic E-state index is -0.104. The van der Waals surface area contributed by atoms with Crippen LogP contribution in [-0.4, -0.2) is 23.1 Å². The molecule has 0 aliphatic carbocycles. The number of hydrogen-bond donors (Lipinski definition) is 4. The molecular formula is C9H16N6. The summed E-state index contributed by atoms with van der Waals surface area (Å²) in [6, 6.07) is 7.36. The Bertz CT molecular complexity index is 333. The van der Waals surface area contributed by atoms with Gasteiger partial charge in [-0.3, -0.25) is 16.3 Å². The van der Waals surface area contributed by atoms with Crippen LogP contribution in [0.4, 0.5) is 5.69 Å². The summed E-state index contributed by atoms with van der Waals surface area (Å²) in [6.45, 7) is 0.469. The van der Waals surface area contributed by atoms with Gasteiger partial charge in [-0.05, 0) is 17.7 Å². The van der Waals surface area contributed by atoms with Crippen molar-refractivity contribution in [3.8, 4) is 0 Å². The Morgan fingerprint density at radius 1 is 1.33 bits per heavy atom. The van der Waals surface area contributed by atoms with Crippen molar-refractivity contribution in [1.82, 2.24) is 10.1 Å². The van der Waals surface area contributed by atoms with E-state index >= 15 is 0 Å². The molecule has 0 fully saturated rings. The van der Waals surface area contributed by atoms with Crippen molar-refractivity contribution in [2.75, 3.05) is 12.8 Å². The molecule has 1 rings (SSSR count). The number of hydrogen-bond acceptors (Lipinski definition) is 4. The lowest BCUT2D eigenvalue weighted by atomic mass is 10.2. The molecule has 0 aromatic heterocycles. The monoisotopic (exact) mass is 208 g/mol. The van der Waals surface area contributed by atoms with E-state index in [1.807, 2.05) is 12.1 Å². The maximum atomic E-state index is 7.19. The molecule has 0 heterocycles. The molecule has 0 aliphatic heterocycles. The molecular weight excluding hydrogens is 192 g/mol. The van der Waals surface area contributed by atoms with Crippen LogP contribution in [0.3, 0.4) is 0 Å². The third-order valence-electron chi connectivity index (χ3n) is 2.06. The van der Waals surface area contributed by atoms with E-state index in [9.17, 15) is 0 Å². The van der Waals surface area contributed by atoms with E-state index in [1.165, 1.54) is 10.1 Å². The first-order valence-electron chi connectivity index (χ1n) is 4.45. The van der Waals surface area contributed by atoms with E-state index in [-0.39, 0.29) is 5.96 Å². The van der Waals surface area contributed by atoms with Crippen LogP contribution in [-0.2, 0) is 6.54 Å². The topological polar surface area (TPSA) is 108 Å². The smallest absolute Gasteiger partial charge is 0.204 e. The summed E-state index contributed by atoms with van der Waals surface area (Å²) in [6.07, 6.45) is 0. The van der Waals surface area contributed by atoms with Crippen LogP contribution in [0.5, 0.6) is 0 Å². The number of nitrogens with two attached hydrogens (primary N) is 3. The average Bonchev–Trinajstić information content (AvgIpc) is 2.20. The fourth-order valence-electron chi connectivity index (χ4n) is 1.05. The lowest BCUT2D eigenvalue weighted by Gasteiger charge is -2.27. The van der Waals surface area contributed by atoms with Crippen molar-refractivity contribution in [3.05, 3.63) is 29.8 Å². The molecule has 0 aliphatic rings. The highest BCUT2D eigenvalue weighted by atomic mass is 15.8. The highest BCUT2D eigenvalue weighted by molar-refractivity contribution is 5.73. The lowest BCUT2D eigenvalue weighted by molar-refractivity contribution is 0.0580. The van der Waals surface area contributed by atoms with Gasteiger partial charge in [0, 0.05) is 12.7 Å². The molecule has 0 spiro atoms. The van der Waals surface area contributed by atoms with Gasteiger partial charge in [-0.1, -0.05) is 12.1 Å². The molecule has 0 saturated heterocycles. The van der Waals surface area contributed by atoms with E-state index in [4.69, 9.17) is 22.7 Å². The Hall–Kier alpha value is -1.79. The summed E-state index contributed by atoms with van der Waals surface area (Å²) < 4.78 is 0. The number of benzene rings is 1. The van der Waals surface area contributed by atoms with Gasteiger partial charge in [0.15, 0.2) is 0 Å². The van der Waals surface area contributed by atoms with Crippen molar-refractivity contribution in [2.24, 2.45) is 11.6 Å². The normalized spacial score (nSPS) is 10.3. The Morgan fingerprint density at radius 2 is 1.87 bits per heavy atom.